The lowest BCUT2D eigenvalue weighted by Gasteiger charge is -2.21. The number of fused-ring (bicyclic) bond motifs is 1. The molecule has 2 N–H and O–H groups in total. The first-order valence-electron chi connectivity index (χ1n) is 8.55. The van der Waals surface area contributed by atoms with E-state index in [1.165, 1.54) is 11.8 Å². The Morgan fingerprint density at radius 3 is 2.82 bits per heavy atom. The van der Waals surface area contributed by atoms with Crippen molar-refractivity contribution in [3.63, 3.8) is 0 Å². The molecule has 11 heteroatoms. The number of hydrogen-bond acceptors (Lipinski definition) is 8. The van der Waals surface area contributed by atoms with Gasteiger partial charge in [0.25, 0.3) is 0 Å². The van der Waals surface area contributed by atoms with E-state index in [9.17, 15) is 10.2 Å². The van der Waals surface area contributed by atoms with Gasteiger partial charge in [0.05, 0.1) is 17.3 Å². The predicted octanol–water partition coefficient (Wildman–Crippen LogP) is 2.49. The average molecular weight is 445 g/mol. The Bertz CT molecular complexity index is 936. The van der Waals surface area contributed by atoms with Gasteiger partial charge in [-0.1, -0.05) is 41.0 Å². The lowest BCUT2D eigenvalue weighted by Crippen LogP contribution is -2.35. The van der Waals surface area contributed by atoms with Crippen LogP contribution in [0.4, 0.5) is 0 Å². The highest BCUT2D eigenvalue weighted by molar-refractivity contribution is 7.99. The molecule has 0 radical (unpaired) electrons. The van der Waals surface area contributed by atoms with E-state index in [4.69, 9.17) is 32.7 Å². The van der Waals surface area contributed by atoms with Crippen molar-refractivity contribution < 1.29 is 19.7 Å². The zero-order valence-corrected chi connectivity index (χ0v) is 17.4. The molecule has 0 bridgehead atoms. The quantitative estimate of drug-likeness (QED) is 0.746. The SMILES string of the molecule is CC1(C)O[C@H]([C@H](O)CO)[C@@H](c2nnc3n2N=C(c2ccc(Cl)cc2Cl)CS3)O1. The van der Waals surface area contributed by atoms with Crippen LogP contribution in [-0.4, -0.2) is 61.2 Å². The molecule has 1 saturated heterocycles. The van der Waals surface area contributed by atoms with Gasteiger partial charge in [-0.3, -0.25) is 0 Å². The fourth-order valence-electron chi connectivity index (χ4n) is 3.15. The molecule has 150 valence electrons. The van der Waals surface area contributed by atoms with E-state index in [1.54, 1.807) is 30.7 Å². The molecule has 0 unspecified atom stereocenters. The molecule has 1 aromatic carbocycles. The smallest absolute Gasteiger partial charge is 0.212 e. The number of nitrogens with zero attached hydrogens (tertiary/aromatic N) is 4. The van der Waals surface area contributed by atoms with Crippen molar-refractivity contribution in [2.75, 3.05) is 12.4 Å². The third-order valence-corrected chi connectivity index (χ3v) is 5.87. The minimum atomic E-state index is -1.13. The largest absolute Gasteiger partial charge is 0.394 e. The molecule has 3 atom stereocenters. The first-order valence-corrected chi connectivity index (χ1v) is 10.3. The van der Waals surface area contributed by atoms with Gasteiger partial charge in [0.1, 0.15) is 12.2 Å². The Kier molecular flexibility index (Phi) is 5.43. The number of rotatable bonds is 4. The summed E-state index contributed by atoms with van der Waals surface area (Å²) in [7, 11) is 0. The van der Waals surface area contributed by atoms with Gasteiger partial charge in [0.2, 0.25) is 5.16 Å². The second-order valence-corrected chi connectivity index (χ2v) is 8.67. The summed E-state index contributed by atoms with van der Waals surface area (Å²) in [5, 5.41) is 34.2. The molecule has 8 nitrogen and oxygen atoms in total. The zero-order chi connectivity index (χ0) is 20.1. The molecule has 2 aliphatic rings. The first kappa shape index (κ1) is 20.1. The number of benzene rings is 1. The highest BCUT2D eigenvalue weighted by atomic mass is 35.5. The van der Waals surface area contributed by atoms with Crippen LogP contribution in [0.2, 0.25) is 10.0 Å². The van der Waals surface area contributed by atoms with Crippen LogP contribution < -0.4 is 0 Å². The molecule has 0 amide bonds. The number of thioether (sulfide) groups is 1. The molecule has 4 rings (SSSR count). The van der Waals surface area contributed by atoms with E-state index in [1.807, 2.05) is 6.07 Å². The Labute approximate surface area is 175 Å². The minimum Gasteiger partial charge on any atom is -0.394 e. The van der Waals surface area contributed by atoms with Crippen LogP contribution in [-0.2, 0) is 9.47 Å². The molecule has 0 spiro atoms. The van der Waals surface area contributed by atoms with E-state index in [0.717, 1.165) is 11.3 Å². The van der Waals surface area contributed by atoms with Gasteiger partial charge in [-0.15, -0.1) is 10.2 Å². The first-order chi connectivity index (χ1) is 13.3. The highest BCUT2D eigenvalue weighted by Crippen LogP contribution is 2.40. The molecular weight excluding hydrogens is 427 g/mol. The number of hydrogen-bond donors (Lipinski definition) is 2. The Hall–Kier alpha value is -1.20. The fraction of sp³-hybridized carbons (Fsp3) is 0.471. The fourth-order valence-corrected chi connectivity index (χ4v) is 4.50. The maximum atomic E-state index is 10.2. The number of aliphatic hydroxyl groups is 2. The summed E-state index contributed by atoms with van der Waals surface area (Å²) in [6.07, 6.45) is -2.69. The predicted molar refractivity (Wildman–Crippen MR) is 105 cm³/mol. The number of ether oxygens (including phenoxy) is 2. The van der Waals surface area contributed by atoms with Crippen LogP contribution in [0.1, 0.15) is 31.3 Å². The molecular formula is C17H18Cl2N4O4S. The summed E-state index contributed by atoms with van der Waals surface area (Å²) >= 11 is 13.8. The van der Waals surface area contributed by atoms with Crippen molar-refractivity contribution in [3.05, 3.63) is 39.6 Å². The van der Waals surface area contributed by atoms with E-state index in [-0.39, 0.29) is 0 Å². The lowest BCUT2D eigenvalue weighted by molar-refractivity contribution is -0.158. The normalized spacial score (nSPS) is 24.7. The molecule has 0 aliphatic carbocycles. The Morgan fingerprint density at radius 2 is 2.11 bits per heavy atom. The lowest BCUT2D eigenvalue weighted by atomic mass is 10.1. The van der Waals surface area contributed by atoms with E-state index in [2.05, 4.69) is 15.3 Å². The second kappa shape index (κ2) is 7.56. The second-order valence-electron chi connectivity index (χ2n) is 6.88. The summed E-state index contributed by atoms with van der Waals surface area (Å²) < 4.78 is 13.3. The van der Waals surface area contributed by atoms with Gasteiger partial charge < -0.3 is 19.7 Å². The summed E-state index contributed by atoms with van der Waals surface area (Å²) in [6.45, 7) is 2.99. The van der Waals surface area contributed by atoms with Gasteiger partial charge in [0.15, 0.2) is 17.7 Å². The van der Waals surface area contributed by atoms with Gasteiger partial charge in [-0.05, 0) is 26.0 Å². The topological polar surface area (TPSA) is 102 Å². The summed E-state index contributed by atoms with van der Waals surface area (Å²) in [5.41, 5.74) is 1.50. The third kappa shape index (κ3) is 3.68. The molecule has 1 fully saturated rings. The number of halogens is 2. The number of aromatic nitrogens is 3. The van der Waals surface area contributed by atoms with Crippen LogP contribution in [0.15, 0.2) is 28.5 Å². The van der Waals surface area contributed by atoms with E-state index in [0.29, 0.717) is 26.8 Å². The molecule has 1 aromatic heterocycles. The highest BCUT2D eigenvalue weighted by Gasteiger charge is 2.48. The summed E-state index contributed by atoms with van der Waals surface area (Å²) in [6, 6.07) is 5.23. The van der Waals surface area contributed by atoms with Crippen LogP contribution in [0.3, 0.4) is 0 Å². The average Bonchev–Trinajstić information content (AvgIpc) is 3.20. The van der Waals surface area contributed by atoms with Crippen molar-refractivity contribution in [2.24, 2.45) is 5.10 Å². The standard InChI is InChI=1S/C17H18Cl2N4O4S/c1-17(2)26-13(12(25)6-24)14(27-17)15-20-21-16-23(15)22-11(7-28-16)9-4-3-8(18)5-10(9)19/h3-5,12-14,24-25H,6-7H2,1-2H3/t12-,13-,14+/m1/s1. The molecule has 28 heavy (non-hydrogen) atoms. The van der Waals surface area contributed by atoms with Crippen molar-refractivity contribution in [1.82, 2.24) is 14.9 Å². The van der Waals surface area contributed by atoms with Crippen LogP contribution in [0.25, 0.3) is 0 Å². The molecule has 2 aromatic rings. The van der Waals surface area contributed by atoms with Gasteiger partial charge in [-0.2, -0.15) is 9.78 Å². The maximum absolute atomic E-state index is 10.2. The zero-order valence-electron chi connectivity index (χ0n) is 15.0. The van der Waals surface area contributed by atoms with Crippen LogP contribution >= 0.6 is 35.0 Å². The van der Waals surface area contributed by atoms with E-state index < -0.39 is 30.7 Å². The van der Waals surface area contributed by atoms with Gasteiger partial charge in [-0.25, -0.2) is 0 Å². The molecule has 0 saturated carbocycles. The third-order valence-electron chi connectivity index (χ3n) is 4.39. The van der Waals surface area contributed by atoms with Crippen molar-refractivity contribution in [2.45, 2.75) is 43.1 Å². The summed E-state index contributed by atoms with van der Waals surface area (Å²) in [4.78, 5) is 0. The van der Waals surface area contributed by atoms with Crippen LogP contribution in [0, 0.1) is 0 Å². The number of aliphatic hydroxyl groups excluding tert-OH is 2. The minimum absolute atomic E-state index is 0.382. The van der Waals surface area contributed by atoms with Crippen molar-refractivity contribution >= 4 is 40.7 Å². The Balaban J connectivity index is 1.74. The molecule has 2 aliphatic heterocycles. The molecule has 3 heterocycles. The Morgan fingerprint density at radius 1 is 1.32 bits per heavy atom. The van der Waals surface area contributed by atoms with Gasteiger partial charge >= 0.3 is 0 Å². The van der Waals surface area contributed by atoms with E-state index >= 15 is 0 Å². The monoisotopic (exact) mass is 444 g/mol. The van der Waals surface area contributed by atoms with Crippen molar-refractivity contribution in [3.8, 4) is 0 Å². The van der Waals surface area contributed by atoms with Crippen molar-refractivity contribution in [1.29, 1.82) is 0 Å². The van der Waals surface area contributed by atoms with Crippen LogP contribution in [0.5, 0.6) is 0 Å². The van der Waals surface area contributed by atoms with Gasteiger partial charge in [0, 0.05) is 16.3 Å². The maximum Gasteiger partial charge on any atom is 0.212 e. The summed E-state index contributed by atoms with van der Waals surface area (Å²) in [5.74, 6) is -0.00521.